The molecule has 0 aromatic heterocycles. The van der Waals surface area contributed by atoms with Crippen LogP contribution in [0.4, 0.5) is 0 Å². The Hall–Kier alpha value is 0.690. The second kappa shape index (κ2) is 3.66. The zero-order valence-electron chi connectivity index (χ0n) is 4.05. The first-order valence-electron chi connectivity index (χ1n) is 1.58. The van der Waals surface area contributed by atoms with Gasteiger partial charge in [0.15, 0.2) is 5.78 Å². The third-order valence-corrected chi connectivity index (χ3v) is 1.15. The Morgan fingerprint density at radius 3 is 2.71 bits per heavy atom. The molecule has 4 heteroatoms. The summed E-state index contributed by atoms with van der Waals surface area (Å²) in [7, 11) is 0. The summed E-state index contributed by atoms with van der Waals surface area (Å²) >= 11 is 1.30. The Kier molecular flexibility index (Phi) is 4.02. The average Bonchev–Trinajstić information content (AvgIpc) is 1.86. The van der Waals surface area contributed by atoms with E-state index in [1.54, 1.807) is 0 Å². The molecule has 0 unspecified atom stereocenters. The number of hydrogen-bond acceptors (Lipinski definition) is 3. The predicted molar refractivity (Wildman–Crippen MR) is 31.7 cm³/mol. The second-order valence-electron chi connectivity index (χ2n) is 0.974. The molecule has 0 fully saturated rings. The Morgan fingerprint density at radius 2 is 2.57 bits per heavy atom. The van der Waals surface area contributed by atoms with Gasteiger partial charge in [-0.25, -0.2) is 4.40 Å². The van der Waals surface area contributed by atoms with Gasteiger partial charge < -0.3 is 0 Å². The van der Waals surface area contributed by atoms with Gasteiger partial charge >= 0.3 is 0 Å². The van der Waals surface area contributed by atoms with Crippen LogP contribution in [0.1, 0.15) is 0 Å². The van der Waals surface area contributed by atoms with Crippen LogP contribution in [0.5, 0.6) is 0 Å². The van der Waals surface area contributed by atoms with Gasteiger partial charge in [-0.05, 0) is 11.9 Å². The largest absolute Gasteiger partial charge is 0.292 e. The van der Waals surface area contributed by atoms with E-state index in [-0.39, 0.29) is 35.3 Å². The van der Waals surface area contributed by atoms with Crippen molar-refractivity contribution < 1.29 is 4.79 Å². The van der Waals surface area contributed by atoms with Crippen LogP contribution in [0.3, 0.4) is 0 Å². The minimum absolute atomic E-state index is 0. The van der Waals surface area contributed by atoms with E-state index in [4.69, 9.17) is 0 Å². The van der Waals surface area contributed by atoms with Gasteiger partial charge in [0.25, 0.3) is 0 Å². The summed E-state index contributed by atoms with van der Waals surface area (Å²) in [6.07, 6.45) is 1.35. The molecule has 0 spiro atoms. The number of ketones is 1. The monoisotopic (exact) mass is 124 g/mol. The van der Waals surface area contributed by atoms with Crippen molar-refractivity contribution in [2.45, 2.75) is 0 Å². The quantitative estimate of drug-likeness (QED) is 0.333. The molecule has 0 aromatic carbocycles. The van der Waals surface area contributed by atoms with Gasteiger partial charge in [0, 0.05) is 29.6 Å². The van der Waals surface area contributed by atoms with Crippen molar-refractivity contribution in [3.05, 3.63) is 0 Å². The third kappa shape index (κ3) is 2.49. The van der Waals surface area contributed by atoms with Crippen molar-refractivity contribution in [1.29, 1.82) is 0 Å². The fourth-order valence-electron chi connectivity index (χ4n) is 0.234. The first-order chi connectivity index (χ1) is 2.89. The molecule has 2 nitrogen and oxygen atoms in total. The summed E-state index contributed by atoms with van der Waals surface area (Å²) in [6, 6.07) is 0. The van der Waals surface area contributed by atoms with Gasteiger partial charge in [0.2, 0.25) is 0 Å². The van der Waals surface area contributed by atoms with E-state index in [1.807, 2.05) is 0 Å². The molecule has 33 valence electrons. The van der Waals surface area contributed by atoms with Gasteiger partial charge in [-0.3, -0.25) is 4.79 Å². The van der Waals surface area contributed by atoms with Crippen molar-refractivity contribution in [3.8, 4) is 0 Å². The van der Waals surface area contributed by atoms with Crippen molar-refractivity contribution >= 4 is 53.5 Å². The van der Waals surface area contributed by atoms with Gasteiger partial charge in [0.05, 0.1) is 12.0 Å². The predicted octanol–water partition coefficient (Wildman–Crippen LogP) is -0.0927. The molecule has 7 heavy (non-hydrogen) atoms. The summed E-state index contributed by atoms with van der Waals surface area (Å²) < 4.78 is 3.61. The maximum absolute atomic E-state index is 10.1. The summed E-state index contributed by atoms with van der Waals surface area (Å²) in [4.78, 5) is 10.1. The van der Waals surface area contributed by atoms with Crippen LogP contribution in [-0.4, -0.2) is 47.3 Å². The molecule has 0 saturated carbocycles. The van der Waals surface area contributed by atoms with E-state index < -0.39 is 0 Å². The Morgan fingerprint density at radius 1 is 1.86 bits per heavy atom. The molecule has 0 atom stereocenters. The topological polar surface area (TPSA) is 29.4 Å². The fourth-order valence-corrected chi connectivity index (χ4v) is 0.703. The van der Waals surface area contributed by atoms with Crippen LogP contribution in [0.15, 0.2) is 4.40 Å². The molecule has 1 aliphatic heterocycles. The van der Waals surface area contributed by atoms with Crippen LogP contribution in [-0.2, 0) is 4.79 Å². The minimum atomic E-state index is 0. The third-order valence-electron chi connectivity index (χ3n) is 0.478. The van der Waals surface area contributed by atoms with E-state index in [0.717, 1.165) is 0 Å². The van der Waals surface area contributed by atoms with E-state index in [1.165, 1.54) is 18.2 Å². The van der Waals surface area contributed by atoms with E-state index >= 15 is 0 Å². The Bertz CT molecular complexity index is 103. The molecule has 0 amide bonds. The van der Waals surface area contributed by atoms with Crippen LogP contribution >= 0.6 is 11.9 Å². The van der Waals surface area contributed by atoms with E-state index in [0.29, 0.717) is 5.75 Å². The van der Waals surface area contributed by atoms with Crippen LogP contribution in [0, 0.1) is 0 Å². The van der Waals surface area contributed by atoms with Crippen LogP contribution in [0.2, 0.25) is 0 Å². The molecule has 0 saturated heterocycles. The molecule has 1 rings (SSSR count). The number of hydrogen-bond donors (Lipinski definition) is 0. The molecule has 0 aliphatic carbocycles. The van der Waals surface area contributed by atoms with Gasteiger partial charge in [-0.15, -0.1) is 0 Å². The Balaban J connectivity index is 0.000000360. The maximum Gasteiger partial charge on any atom is 0.186 e. The van der Waals surface area contributed by atoms with Crippen LogP contribution < -0.4 is 0 Å². The molecule has 0 bridgehead atoms. The molecular weight excluding hydrogens is 121 g/mol. The van der Waals surface area contributed by atoms with Crippen molar-refractivity contribution in [3.63, 3.8) is 0 Å². The Labute approximate surface area is 68.2 Å². The first kappa shape index (κ1) is 7.69. The second-order valence-corrected chi connectivity index (χ2v) is 1.73. The molecular formula is C3H3NNaOS. The van der Waals surface area contributed by atoms with Crippen molar-refractivity contribution in [2.75, 3.05) is 5.75 Å². The van der Waals surface area contributed by atoms with Crippen molar-refractivity contribution in [1.82, 2.24) is 0 Å². The molecule has 1 aliphatic rings. The standard InChI is InChI=1S/C3H3NOS.Na/c5-3-1-4-6-2-3;/h1H,2H2;. The zero-order chi connectivity index (χ0) is 4.41. The normalized spacial score (nSPS) is 16.9. The van der Waals surface area contributed by atoms with E-state index in [2.05, 4.69) is 4.40 Å². The number of rotatable bonds is 0. The fraction of sp³-hybridized carbons (Fsp3) is 0.333. The average molecular weight is 124 g/mol. The number of nitrogens with zero attached hydrogens (tertiary/aromatic N) is 1. The van der Waals surface area contributed by atoms with Gasteiger partial charge in [0.1, 0.15) is 0 Å². The molecule has 1 heterocycles. The zero-order valence-corrected chi connectivity index (χ0v) is 6.86. The summed E-state index contributed by atoms with van der Waals surface area (Å²) in [6.45, 7) is 0. The number of Topliss-reactive ketones (excluding diaryl/α,β-unsaturated/α-hetero) is 1. The molecule has 0 N–H and O–H groups in total. The first-order valence-corrected chi connectivity index (χ1v) is 2.52. The SMILES string of the molecule is O=C1C=NSC1.[Na]. The van der Waals surface area contributed by atoms with Gasteiger partial charge in [-0.1, -0.05) is 0 Å². The van der Waals surface area contributed by atoms with Gasteiger partial charge in [-0.2, -0.15) is 0 Å². The maximum atomic E-state index is 10.1. The summed E-state index contributed by atoms with van der Waals surface area (Å²) in [5, 5.41) is 0. The van der Waals surface area contributed by atoms with Crippen LogP contribution in [0.25, 0.3) is 0 Å². The molecule has 1 radical (unpaired) electrons. The minimum Gasteiger partial charge on any atom is -0.292 e. The summed E-state index contributed by atoms with van der Waals surface area (Å²) in [5.41, 5.74) is 0. The summed E-state index contributed by atoms with van der Waals surface area (Å²) in [5.74, 6) is 0.667. The van der Waals surface area contributed by atoms with Crippen molar-refractivity contribution in [2.24, 2.45) is 4.40 Å². The number of carbonyl (C=O) groups excluding carboxylic acids is 1. The van der Waals surface area contributed by atoms with E-state index in [9.17, 15) is 4.79 Å². The number of carbonyl (C=O) groups is 1. The molecule has 0 aromatic rings. The smallest absolute Gasteiger partial charge is 0.186 e.